The van der Waals surface area contributed by atoms with E-state index in [1.54, 1.807) is 25.1 Å². The van der Waals surface area contributed by atoms with Gasteiger partial charge in [-0.15, -0.1) is 0 Å². The molecule has 0 saturated carbocycles. The molecule has 0 N–H and O–H groups in total. The lowest BCUT2D eigenvalue weighted by atomic mass is 10.2. The number of benzene rings is 2. The Hall–Kier alpha value is -2.20. The van der Waals surface area contributed by atoms with E-state index in [9.17, 15) is 4.79 Å². The zero-order valence-electron chi connectivity index (χ0n) is 13.5. The Balaban J connectivity index is 1.93. The smallest absolute Gasteiger partial charge is 0.260 e. The number of aryl methyl sites for hydroxylation is 1. The molecule has 2 aromatic rings. The van der Waals surface area contributed by atoms with Crippen LogP contribution in [-0.4, -0.2) is 31.6 Å². The summed E-state index contributed by atoms with van der Waals surface area (Å²) in [6.45, 7) is 2.38. The molecule has 2 rings (SSSR count). The van der Waals surface area contributed by atoms with Crippen molar-refractivity contribution in [3.63, 3.8) is 0 Å². The Bertz CT molecular complexity index is 688. The van der Waals surface area contributed by atoms with E-state index in [0.717, 1.165) is 16.9 Å². The van der Waals surface area contributed by atoms with E-state index in [2.05, 4.69) is 0 Å². The van der Waals surface area contributed by atoms with Gasteiger partial charge in [-0.2, -0.15) is 0 Å². The van der Waals surface area contributed by atoms with Gasteiger partial charge in [0.05, 0.1) is 12.1 Å². The van der Waals surface area contributed by atoms with Gasteiger partial charge in [-0.1, -0.05) is 29.8 Å². The van der Waals surface area contributed by atoms with Gasteiger partial charge < -0.3 is 14.4 Å². The van der Waals surface area contributed by atoms with Crippen molar-refractivity contribution in [1.82, 2.24) is 4.90 Å². The van der Waals surface area contributed by atoms with Crippen molar-refractivity contribution < 1.29 is 14.3 Å². The first-order valence-electron chi connectivity index (χ1n) is 7.25. The van der Waals surface area contributed by atoms with Crippen molar-refractivity contribution in [1.29, 1.82) is 0 Å². The topological polar surface area (TPSA) is 38.8 Å². The SMILES string of the molecule is COc1cccc(CN(C)C(=O)COc2cc(C)ccc2Cl)c1. The van der Waals surface area contributed by atoms with Crippen molar-refractivity contribution in [3.8, 4) is 11.5 Å². The summed E-state index contributed by atoms with van der Waals surface area (Å²) in [5.74, 6) is 1.17. The number of hydrogen-bond donors (Lipinski definition) is 0. The standard InChI is InChI=1S/C18H20ClNO3/c1-13-7-8-16(19)17(9-13)23-12-18(21)20(2)11-14-5-4-6-15(10-14)22-3/h4-10H,11-12H2,1-3H3. The van der Waals surface area contributed by atoms with Crippen molar-refractivity contribution >= 4 is 17.5 Å². The summed E-state index contributed by atoms with van der Waals surface area (Å²) in [6.07, 6.45) is 0. The molecule has 0 fully saturated rings. The molecule has 23 heavy (non-hydrogen) atoms. The number of halogens is 1. The van der Waals surface area contributed by atoms with Crippen LogP contribution < -0.4 is 9.47 Å². The van der Waals surface area contributed by atoms with E-state index in [1.165, 1.54) is 0 Å². The maximum Gasteiger partial charge on any atom is 0.260 e. The molecule has 0 heterocycles. The molecule has 0 atom stereocenters. The third-order valence-electron chi connectivity index (χ3n) is 3.42. The second-order valence-corrected chi connectivity index (χ2v) is 5.73. The highest BCUT2D eigenvalue weighted by atomic mass is 35.5. The minimum absolute atomic E-state index is 0.0519. The second-order valence-electron chi connectivity index (χ2n) is 5.32. The minimum Gasteiger partial charge on any atom is -0.497 e. The molecule has 4 nitrogen and oxygen atoms in total. The highest BCUT2D eigenvalue weighted by Crippen LogP contribution is 2.25. The van der Waals surface area contributed by atoms with Crippen LogP contribution in [0.1, 0.15) is 11.1 Å². The largest absolute Gasteiger partial charge is 0.497 e. The molecule has 0 aromatic heterocycles. The minimum atomic E-state index is -0.120. The second kappa shape index (κ2) is 7.88. The van der Waals surface area contributed by atoms with Gasteiger partial charge in [0.15, 0.2) is 6.61 Å². The molecule has 122 valence electrons. The van der Waals surface area contributed by atoms with Crippen LogP contribution in [0.3, 0.4) is 0 Å². The lowest BCUT2D eigenvalue weighted by molar-refractivity contribution is -0.132. The normalized spacial score (nSPS) is 10.3. The first-order valence-corrected chi connectivity index (χ1v) is 7.63. The number of ether oxygens (including phenoxy) is 2. The van der Waals surface area contributed by atoms with Gasteiger partial charge in [-0.05, 0) is 42.3 Å². The number of nitrogens with zero attached hydrogens (tertiary/aromatic N) is 1. The third kappa shape index (κ3) is 4.89. The number of amides is 1. The molecule has 0 radical (unpaired) electrons. The molecule has 1 amide bonds. The fourth-order valence-corrected chi connectivity index (χ4v) is 2.28. The Morgan fingerprint density at radius 3 is 2.74 bits per heavy atom. The van der Waals surface area contributed by atoms with Gasteiger partial charge in [0.2, 0.25) is 0 Å². The summed E-state index contributed by atoms with van der Waals surface area (Å²) in [4.78, 5) is 13.8. The van der Waals surface area contributed by atoms with Gasteiger partial charge in [0.1, 0.15) is 11.5 Å². The summed E-state index contributed by atoms with van der Waals surface area (Å²) in [5, 5.41) is 0.499. The third-order valence-corrected chi connectivity index (χ3v) is 3.73. The van der Waals surface area contributed by atoms with Gasteiger partial charge in [0, 0.05) is 13.6 Å². The predicted octanol–water partition coefficient (Wildman–Crippen LogP) is 3.69. The fourth-order valence-electron chi connectivity index (χ4n) is 2.10. The molecule has 0 unspecified atom stereocenters. The first kappa shape index (κ1) is 17.2. The molecule has 0 spiro atoms. The quantitative estimate of drug-likeness (QED) is 0.809. The van der Waals surface area contributed by atoms with Crippen LogP contribution in [0.15, 0.2) is 42.5 Å². The number of methoxy groups -OCH3 is 1. The van der Waals surface area contributed by atoms with E-state index in [0.29, 0.717) is 17.3 Å². The van der Waals surface area contributed by atoms with Gasteiger partial charge in [0.25, 0.3) is 5.91 Å². The van der Waals surface area contributed by atoms with E-state index in [4.69, 9.17) is 21.1 Å². The van der Waals surface area contributed by atoms with Crippen LogP contribution in [-0.2, 0) is 11.3 Å². The van der Waals surface area contributed by atoms with Crippen molar-refractivity contribution in [2.45, 2.75) is 13.5 Å². The highest BCUT2D eigenvalue weighted by molar-refractivity contribution is 6.32. The summed E-state index contributed by atoms with van der Waals surface area (Å²) in [6, 6.07) is 13.1. The number of carbonyl (C=O) groups is 1. The predicted molar refractivity (Wildman–Crippen MR) is 91.2 cm³/mol. The fraction of sp³-hybridized carbons (Fsp3) is 0.278. The zero-order chi connectivity index (χ0) is 16.8. The molecule has 0 bridgehead atoms. The Labute approximate surface area is 141 Å². The lowest BCUT2D eigenvalue weighted by Gasteiger charge is -2.18. The van der Waals surface area contributed by atoms with Crippen LogP contribution in [0, 0.1) is 6.92 Å². The molecule has 0 aliphatic heterocycles. The Morgan fingerprint density at radius 2 is 2.00 bits per heavy atom. The van der Waals surface area contributed by atoms with E-state index in [-0.39, 0.29) is 12.5 Å². The molecule has 2 aromatic carbocycles. The molecular weight excluding hydrogens is 314 g/mol. The monoisotopic (exact) mass is 333 g/mol. The number of rotatable bonds is 6. The van der Waals surface area contributed by atoms with Crippen LogP contribution in [0.5, 0.6) is 11.5 Å². The molecule has 0 aliphatic carbocycles. The van der Waals surface area contributed by atoms with Gasteiger partial charge >= 0.3 is 0 Å². The molecule has 5 heteroatoms. The summed E-state index contributed by atoms with van der Waals surface area (Å²) < 4.78 is 10.7. The van der Waals surface area contributed by atoms with Crippen LogP contribution in [0.2, 0.25) is 5.02 Å². The Kier molecular flexibility index (Phi) is 5.88. The number of carbonyl (C=O) groups excluding carboxylic acids is 1. The highest BCUT2D eigenvalue weighted by Gasteiger charge is 2.12. The summed E-state index contributed by atoms with van der Waals surface area (Å²) in [7, 11) is 3.36. The number of hydrogen-bond acceptors (Lipinski definition) is 3. The van der Waals surface area contributed by atoms with Gasteiger partial charge in [-0.25, -0.2) is 0 Å². The van der Waals surface area contributed by atoms with Crippen LogP contribution in [0.25, 0.3) is 0 Å². The van der Waals surface area contributed by atoms with Gasteiger partial charge in [-0.3, -0.25) is 4.79 Å². The molecular formula is C18H20ClNO3. The average Bonchev–Trinajstić information content (AvgIpc) is 2.55. The molecule has 0 aliphatic rings. The van der Waals surface area contributed by atoms with Crippen molar-refractivity contribution in [2.75, 3.05) is 20.8 Å². The first-order chi connectivity index (χ1) is 11.0. The maximum absolute atomic E-state index is 12.2. The van der Waals surface area contributed by atoms with Crippen molar-refractivity contribution in [3.05, 3.63) is 58.6 Å². The number of likely N-dealkylation sites (N-methyl/N-ethyl adjacent to an activating group) is 1. The molecule has 0 saturated heterocycles. The summed E-state index contributed by atoms with van der Waals surface area (Å²) in [5.41, 5.74) is 2.02. The van der Waals surface area contributed by atoms with E-state index >= 15 is 0 Å². The zero-order valence-corrected chi connectivity index (χ0v) is 14.3. The van der Waals surface area contributed by atoms with Crippen LogP contribution >= 0.6 is 11.6 Å². The van der Waals surface area contributed by atoms with Crippen molar-refractivity contribution in [2.24, 2.45) is 0 Å². The summed E-state index contributed by atoms with van der Waals surface area (Å²) >= 11 is 6.06. The average molecular weight is 334 g/mol. The Morgan fingerprint density at radius 1 is 1.22 bits per heavy atom. The van der Waals surface area contributed by atoms with E-state index in [1.807, 2.05) is 43.3 Å². The lowest BCUT2D eigenvalue weighted by Crippen LogP contribution is -2.31. The van der Waals surface area contributed by atoms with Crippen LogP contribution in [0.4, 0.5) is 0 Å². The van der Waals surface area contributed by atoms with E-state index < -0.39 is 0 Å². The maximum atomic E-state index is 12.2.